The second kappa shape index (κ2) is 9.35. The first-order chi connectivity index (χ1) is 12.8. The van der Waals surface area contributed by atoms with E-state index in [1.165, 1.54) is 12.8 Å². The first kappa shape index (κ1) is 19.9. The number of nitrogens with zero attached hydrogens (tertiary/aromatic N) is 5. The Labute approximate surface area is 169 Å². The zero-order valence-electron chi connectivity index (χ0n) is 15.0. The molecule has 6 nitrogen and oxygen atoms in total. The average Bonchev–Trinajstić information content (AvgIpc) is 3.38. The monoisotopic (exact) mass is 406 g/mol. The summed E-state index contributed by atoms with van der Waals surface area (Å²) >= 11 is 6.37. The molecule has 1 aliphatic carbocycles. The lowest BCUT2D eigenvalue weighted by Gasteiger charge is -2.22. The largest absolute Gasteiger partial charge is 1.00 e. The molecule has 0 N–H and O–H groups in total. The lowest BCUT2D eigenvalue weighted by atomic mass is 10.2. The Morgan fingerprint density at radius 3 is 2.63 bits per heavy atom. The van der Waals surface area contributed by atoms with E-state index in [9.17, 15) is 0 Å². The summed E-state index contributed by atoms with van der Waals surface area (Å²) in [6.45, 7) is 2.03. The standard InChI is InChI=1S/C19H22ClN5O.ClH/c20-18-10-4-1-6-15(18)12-24(13-17-9-5-11-26-17)14-19-21-22-23-25(19)16-7-2-3-8-16;/h1,4-6,9-11,16H,2-3,7-8,12-14H2;1H/p-1. The molecular weight excluding hydrogens is 385 g/mol. The van der Waals surface area contributed by atoms with Gasteiger partial charge in [0.2, 0.25) is 0 Å². The Bertz CT molecular complexity index is 830. The van der Waals surface area contributed by atoms with Gasteiger partial charge in [-0.3, -0.25) is 4.90 Å². The molecule has 4 rings (SSSR count). The van der Waals surface area contributed by atoms with E-state index in [4.69, 9.17) is 16.0 Å². The summed E-state index contributed by atoms with van der Waals surface area (Å²) in [4.78, 5) is 2.26. The maximum atomic E-state index is 6.37. The molecular formula is C19H22Cl2N5O-. The molecule has 2 heterocycles. The van der Waals surface area contributed by atoms with Crippen LogP contribution in [0.4, 0.5) is 0 Å². The molecule has 0 saturated heterocycles. The van der Waals surface area contributed by atoms with Gasteiger partial charge in [0.25, 0.3) is 0 Å². The van der Waals surface area contributed by atoms with Crippen molar-refractivity contribution in [1.29, 1.82) is 0 Å². The maximum Gasteiger partial charge on any atom is 0.165 e. The highest BCUT2D eigenvalue weighted by Gasteiger charge is 2.23. The summed E-state index contributed by atoms with van der Waals surface area (Å²) in [7, 11) is 0. The number of hydrogen-bond acceptors (Lipinski definition) is 5. The molecule has 1 saturated carbocycles. The van der Waals surface area contributed by atoms with Crippen LogP contribution in [0.5, 0.6) is 0 Å². The van der Waals surface area contributed by atoms with Gasteiger partial charge < -0.3 is 16.8 Å². The fourth-order valence-electron chi connectivity index (χ4n) is 3.61. The molecule has 0 unspecified atom stereocenters. The fraction of sp³-hybridized carbons (Fsp3) is 0.421. The predicted molar refractivity (Wildman–Crippen MR) is 98.4 cm³/mol. The number of tetrazole rings is 1. The number of furan rings is 1. The van der Waals surface area contributed by atoms with Crippen LogP contribution in [0.15, 0.2) is 47.1 Å². The molecule has 0 atom stereocenters. The van der Waals surface area contributed by atoms with Gasteiger partial charge in [-0.2, -0.15) is 0 Å². The van der Waals surface area contributed by atoms with Gasteiger partial charge in [-0.1, -0.05) is 42.6 Å². The van der Waals surface area contributed by atoms with Crippen LogP contribution >= 0.6 is 11.6 Å². The molecule has 8 heteroatoms. The first-order valence-corrected chi connectivity index (χ1v) is 9.42. The van der Waals surface area contributed by atoms with Crippen LogP contribution in [-0.2, 0) is 19.6 Å². The third-order valence-corrected chi connectivity index (χ3v) is 5.28. The van der Waals surface area contributed by atoms with E-state index in [0.717, 1.165) is 35.0 Å². The Morgan fingerprint density at radius 1 is 1.07 bits per heavy atom. The molecule has 0 aliphatic heterocycles. The average molecular weight is 407 g/mol. The maximum absolute atomic E-state index is 6.37. The third kappa shape index (κ3) is 4.89. The molecule has 2 aromatic heterocycles. The van der Waals surface area contributed by atoms with Gasteiger partial charge in [-0.15, -0.1) is 5.10 Å². The van der Waals surface area contributed by atoms with Crippen molar-refractivity contribution in [3.63, 3.8) is 0 Å². The highest BCUT2D eigenvalue weighted by Crippen LogP contribution is 2.29. The smallest absolute Gasteiger partial charge is 0.165 e. The van der Waals surface area contributed by atoms with Gasteiger partial charge in [0, 0.05) is 11.6 Å². The molecule has 0 bridgehead atoms. The molecule has 27 heavy (non-hydrogen) atoms. The van der Waals surface area contributed by atoms with Gasteiger partial charge in [0.05, 0.1) is 25.4 Å². The van der Waals surface area contributed by atoms with Gasteiger partial charge >= 0.3 is 0 Å². The molecule has 1 aromatic carbocycles. The number of hydrogen-bond donors (Lipinski definition) is 0. The van der Waals surface area contributed by atoms with E-state index >= 15 is 0 Å². The third-order valence-electron chi connectivity index (χ3n) is 4.91. The number of aromatic nitrogens is 4. The van der Waals surface area contributed by atoms with E-state index in [1.807, 2.05) is 35.0 Å². The molecule has 3 aromatic rings. The van der Waals surface area contributed by atoms with Crippen LogP contribution < -0.4 is 12.4 Å². The lowest BCUT2D eigenvalue weighted by molar-refractivity contribution is -0.00000619. The van der Waals surface area contributed by atoms with E-state index in [1.54, 1.807) is 6.26 Å². The second-order valence-corrected chi connectivity index (χ2v) is 7.20. The van der Waals surface area contributed by atoms with E-state index in [2.05, 4.69) is 26.5 Å². The van der Waals surface area contributed by atoms with E-state index in [0.29, 0.717) is 25.7 Å². The zero-order valence-corrected chi connectivity index (χ0v) is 16.5. The molecule has 0 spiro atoms. The Balaban J connectivity index is 0.00000210. The zero-order chi connectivity index (χ0) is 17.8. The van der Waals surface area contributed by atoms with Crippen molar-refractivity contribution in [3.8, 4) is 0 Å². The summed E-state index contributed by atoms with van der Waals surface area (Å²) in [6, 6.07) is 12.2. The van der Waals surface area contributed by atoms with Crippen LogP contribution in [0.3, 0.4) is 0 Å². The summed E-state index contributed by atoms with van der Waals surface area (Å²) in [6.07, 6.45) is 6.51. The van der Waals surface area contributed by atoms with Gasteiger partial charge in [0.15, 0.2) is 5.82 Å². The normalized spacial score (nSPS) is 14.6. The van der Waals surface area contributed by atoms with Crippen molar-refractivity contribution >= 4 is 11.6 Å². The van der Waals surface area contributed by atoms with Crippen LogP contribution in [0.25, 0.3) is 0 Å². The molecule has 0 radical (unpaired) electrons. The van der Waals surface area contributed by atoms with Gasteiger partial charge in [-0.05, 0) is 47.0 Å². The summed E-state index contributed by atoms with van der Waals surface area (Å²) in [5.41, 5.74) is 1.08. The predicted octanol–water partition coefficient (Wildman–Crippen LogP) is 1.24. The van der Waals surface area contributed by atoms with Crippen molar-refractivity contribution in [2.45, 2.75) is 51.4 Å². The fourth-order valence-corrected chi connectivity index (χ4v) is 3.80. The number of benzene rings is 1. The van der Waals surface area contributed by atoms with Crippen molar-refractivity contribution in [3.05, 3.63) is 64.8 Å². The minimum absolute atomic E-state index is 0. The Hall–Kier alpha value is -1.89. The summed E-state index contributed by atoms with van der Waals surface area (Å²) < 4.78 is 7.56. The molecule has 0 amide bonds. The van der Waals surface area contributed by atoms with E-state index < -0.39 is 0 Å². The van der Waals surface area contributed by atoms with E-state index in [-0.39, 0.29) is 12.4 Å². The van der Waals surface area contributed by atoms with Crippen LogP contribution in [0.2, 0.25) is 5.02 Å². The van der Waals surface area contributed by atoms with Gasteiger partial charge in [-0.25, -0.2) is 4.68 Å². The van der Waals surface area contributed by atoms with Crippen molar-refractivity contribution in [2.24, 2.45) is 0 Å². The van der Waals surface area contributed by atoms with Crippen LogP contribution in [-0.4, -0.2) is 25.1 Å². The Kier molecular flexibility index (Phi) is 6.88. The summed E-state index contributed by atoms with van der Waals surface area (Å²) in [5, 5.41) is 13.2. The molecule has 1 fully saturated rings. The highest BCUT2D eigenvalue weighted by molar-refractivity contribution is 6.31. The number of halogens is 2. The SMILES string of the molecule is Clc1ccccc1CN(Cc1ccco1)Cc1nnnn1C1CCCC1.[Cl-]. The molecule has 144 valence electrons. The second-order valence-electron chi connectivity index (χ2n) is 6.79. The Morgan fingerprint density at radius 2 is 1.89 bits per heavy atom. The van der Waals surface area contributed by atoms with Crippen LogP contribution in [0, 0.1) is 0 Å². The van der Waals surface area contributed by atoms with Crippen LogP contribution in [0.1, 0.15) is 48.9 Å². The number of rotatable bonds is 7. The van der Waals surface area contributed by atoms with Gasteiger partial charge in [0.1, 0.15) is 5.76 Å². The summed E-state index contributed by atoms with van der Waals surface area (Å²) in [5.74, 6) is 1.81. The quantitative estimate of drug-likeness (QED) is 0.590. The minimum atomic E-state index is 0. The van der Waals surface area contributed by atoms with Crippen molar-refractivity contribution in [1.82, 2.24) is 25.1 Å². The topological polar surface area (TPSA) is 60.0 Å². The van der Waals surface area contributed by atoms with Crippen molar-refractivity contribution in [2.75, 3.05) is 0 Å². The lowest BCUT2D eigenvalue weighted by Crippen LogP contribution is -3.00. The van der Waals surface area contributed by atoms with Crippen molar-refractivity contribution < 1.29 is 16.8 Å². The first-order valence-electron chi connectivity index (χ1n) is 9.04. The molecule has 1 aliphatic rings. The minimum Gasteiger partial charge on any atom is -1.00 e. The highest BCUT2D eigenvalue weighted by atomic mass is 35.5.